The first-order chi connectivity index (χ1) is 11.0. The molecule has 23 heavy (non-hydrogen) atoms. The second kappa shape index (κ2) is 4.73. The lowest BCUT2D eigenvalue weighted by Gasteiger charge is -2.07. The van der Waals surface area contributed by atoms with Crippen LogP contribution >= 0.6 is 0 Å². The molecule has 8 heteroatoms. The first-order valence-electron chi connectivity index (χ1n) is 6.72. The molecule has 0 fully saturated rings. The number of nitrogens with one attached hydrogen (secondary N) is 2. The minimum absolute atomic E-state index is 0.244. The van der Waals surface area contributed by atoms with Gasteiger partial charge in [0.25, 0.3) is 0 Å². The Kier molecular flexibility index (Phi) is 2.80. The van der Waals surface area contributed by atoms with Crippen LogP contribution in [0.1, 0.15) is 5.56 Å². The molecule has 4 rings (SSSR count). The summed E-state index contributed by atoms with van der Waals surface area (Å²) in [5, 5.41) is 0.651. The van der Waals surface area contributed by atoms with Gasteiger partial charge in [0, 0.05) is 23.2 Å². The Hall–Kier alpha value is -3.03. The molecule has 3 aromatic heterocycles. The number of fused-ring (bicyclic) bond motifs is 3. The smallest absolute Gasteiger partial charge is 0.326 e. The van der Waals surface area contributed by atoms with E-state index < -0.39 is 23.1 Å². The topological polar surface area (TPSA) is 66.5 Å². The maximum atomic E-state index is 13.9. The Morgan fingerprint density at radius 1 is 1.22 bits per heavy atom. The maximum absolute atomic E-state index is 13.9. The number of aromatic amines is 2. The van der Waals surface area contributed by atoms with Crippen molar-refractivity contribution in [3.63, 3.8) is 0 Å². The summed E-state index contributed by atoms with van der Waals surface area (Å²) in [6.45, 7) is -0.302. The molecule has 1 aromatic carbocycles. The normalized spacial score (nSPS) is 11.6. The van der Waals surface area contributed by atoms with Crippen molar-refractivity contribution in [1.82, 2.24) is 19.5 Å². The van der Waals surface area contributed by atoms with E-state index in [9.17, 15) is 18.0 Å². The molecule has 3 heterocycles. The molecule has 0 radical (unpaired) electrons. The van der Waals surface area contributed by atoms with Crippen LogP contribution in [0, 0.1) is 17.5 Å². The summed E-state index contributed by atoms with van der Waals surface area (Å²) < 4.78 is 41.8. The number of benzene rings is 1. The van der Waals surface area contributed by atoms with Gasteiger partial charge in [-0.2, -0.15) is 0 Å². The van der Waals surface area contributed by atoms with Gasteiger partial charge in [0.2, 0.25) is 0 Å². The number of pyridine rings is 1. The van der Waals surface area contributed by atoms with E-state index in [4.69, 9.17) is 0 Å². The Bertz CT molecular complexity index is 1110. The summed E-state index contributed by atoms with van der Waals surface area (Å²) in [6.07, 6.45) is 3.12. The van der Waals surface area contributed by atoms with E-state index in [1.54, 1.807) is 12.3 Å². The van der Waals surface area contributed by atoms with E-state index >= 15 is 0 Å². The molecule has 0 bridgehead atoms. The van der Waals surface area contributed by atoms with E-state index in [0.717, 1.165) is 6.07 Å². The third kappa shape index (κ3) is 2.02. The molecular weight excluding hydrogens is 309 g/mol. The molecule has 0 aliphatic rings. The molecule has 116 valence electrons. The van der Waals surface area contributed by atoms with Crippen LogP contribution in [0.4, 0.5) is 13.2 Å². The first kappa shape index (κ1) is 13.6. The van der Waals surface area contributed by atoms with Crippen molar-refractivity contribution < 1.29 is 13.2 Å². The number of aromatic nitrogens is 4. The summed E-state index contributed by atoms with van der Waals surface area (Å²) in [5.74, 6) is -3.37. The molecule has 0 amide bonds. The van der Waals surface area contributed by atoms with Gasteiger partial charge in [-0.25, -0.2) is 22.9 Å². The number of rotatable bonds is 2. The lowest BCUT2D eigenvalue weighted by molar-refractivity contribution is 0.481. The predicted molar refractivity (Wildman–Crippen MR) is 77.6 cm³/mol. The third-order valence-electron chi connectivity index (χ3n) is 3.71. The van der Waals surface area contributed by atoms with Crippen LogP contribution in [0.15, 0.2) is 35.4 Å². The van der Waals surface area contributed by atoms with Gasteiger partial charge in [-0.1, -0.05) is 0 Å². The molecule has 5 nitrogen and oxygen atoms in total. The monoisotopic (exact) mass is 318 g/mol. The van der Waals surface area contributed by atoms with E-state index in [1.807, 2.05) is 0 Å². The maximum Gasteiger partial charge on any atom is 0.326 e. The fraction of sp³-hybridized carbons (Fsp3) is 0.0667. The highest BCUT2D eigenvalue weighted by molar-refractivity contribution is 6.00. The van der Waals surface area contributed by atoms with Gasteiger partial charge >= 0.3 is 5.69 Å². The number of hydrogen-bond donors (Lipinski definition) is 2. The largest absolute Gasteiger partial charge is 0.346 e. The molecule has 0 atom stereocenters. The summed E-state index contributed by atoms with van der Waals surface area (Å²) in [7, 11) is 0. The van der Waals surface area contributed by atoms with Crippen molar-refractivity contribution in [3.8, 4) is 0 Å². The summed E-state index contributed by atoms with van der Waals surface area (Å²) in [5.41, 5.74) is 0.742. The molecule has 0 unspecified atom stereocenters. The van der Waals surface area contributed by atoms with E-state index in [1.165, 1.54) is 10.8 Å². The molecule has 0 saturated carbocycles. The molecule has 0 aliphatic heterocycles. The standard InChI is InChI=1S/C15H9F3N4O/c16-8-3-7(12(18)10(17)4-8)6-22-13-9-1-2-19-14(9)20-5-11(13)21-15(22)23/h1-5H,6H2,(H,19,20)(H,21,23). The second-order valence-electron chi connectivity index (χ2n) is 5.14. The average Bonchev–Trinajstić information content (AvgIpc) is 3.08. The third-order valence-corrected chi connectivity index (χ3v) is 3.71. The highest BCUT2D eigenvalue weighted by atomic mass is 19.2. The summed E-state index contributed by atoms with van der Waals surface area (Å²) >= 11 is 0. The van der Waals surface area contributed by atoms with E-state index in [0.29, 0.717) is 28.1 Å². The van der Waals surface area contributed by atoms with Gasteiger partial charge in [-0.05, 0) is 12.1 Å². The van der Waals surface area contributed by atoms with Crippen LogP contribution in [0.25, 0.3) is 22.1 Å². The second-order valence-corrected chi connectivity index (χ2v) is 5.14. The van der Waals surface area contributed by atoms with Crippen LogP contribution in [0.3, 0.4) is 0 Å². The summed E-state index contributed by atoms with van der Waals surface area (Å²) in [4.78, 5) is 21.8. The van der Waals surface area contributed by atoms with E-state index in [2.05, 4.69) is 15.0 Å². The lowest BCUT2D eigenvalue weighted by Crippen LogP contribution is -2.18. The number of nitrogens with zero attached hydrogens (tertiary/aromatic N) is 2. The minimum Gasteiger partial charge on any atom is -0.346 e. The van der Waals surface area contributed by atoms with Crippen molar-refractivity contribution in [2.75, 3.05) is 0 Å². The Morgan fingerprint density at radius 3 is 2.87 bits per heavy atom. The highest BCUT2D eigenvalue weighted by Crippen LogP contribution is 2.22. The van der Waals surface area contributed by atoms with Gasteiger partial charge in [0.05, 0.1) is 23.8 Å². The number of hydrogen-bond acceptors (Lipinski definition) is 2. The SMILES string of the molecule is O=c1[nH]c2cnc3[nH]ccc3c2n1Cc1cc(F)cc(F)c1F. The van der Waals surface area contributed by atoms with Gasteiger partial charge < -0.3 is 9.97 Å². The Morgan fingerprint density at radius 2 is 2.04 bits per heavy atom. The fourth-order valence-corrected chi connectivity index (χ4v) is 2.71. The van der Waals surface area contributed by atoms with Crippen LogP contribution in [-0.4, -0.2) is 19.5 Å². The van der Waals surface area contributed by atoms with Gasteiger partial charge in [-0.15, -0.1) is 0 Å². The van der Waals surface area contributed by atoms with Crippen molar-refractivity contribution in [2.45, 2.75) is 6.54 Å². The summed E-state index contributed by atoms with van der Waals surface area (Å²) in [6, 6.07) is 3.06. The number of imidazole rings is 1. The molecule has 0 spiro atoms. The highest BCUT2D eigenvalue weighted by Gasteiger charge is 2.16. The predicted octanol–water partition coefficient (Wildman–Crippen LogP) is 2.67. The minimum atomic E-state index is -1.29. The van der Waals surface area contributed by atoms with Crippen LogP contribution in [0.2, 0.25) is 0 Å². The van der Waals surface area contributed by atoms with Crippen molar-refractivity contribution in [1.29, 1.82) is 0 Å². The molecule has 0 aliphatic carbocycles. The zero-order valence-electron chi connectivity index (χ0n) is 11.5. The van der Waals surface area contributed by atoms with Crippen molar-refractivity contribution in [3.05, 3.63) is 64.1 Å². The number of H-pyrrole nitrogens is 2. The Balaban J connectivity index is 1.98. The first-order valence-corrected chi connectivity index (χ1v) is 6.72. The van der Waals surface area contributed by atoms with Gasteiger partial charge in [0.1, 0.15) is 11.5 Å². The fourth-order valence-electron chi connectivity index (χ4n) is 2.71. The van der Waals surface area contributed by atoms with Crippen LogP contribution in [-0.2, 0) is 6.54 Å². The van der Waals surface area contributed by atoms with E-state index in [-0.39, 0.29) is 12.1 Å². The zero-order valence-corrected chi connectivity index (χ0v) is 11.5. The average molecular weight is 318 g/mol. The van der Waals surface area contributed by atoms with Crippen LogP contribution in [0.5, 0.6) is 0 Å². The molecule has 4 aromatic rings. The molecular formula is C15H9F3N4O. The quantitative estimate of drug-likeness (QED) is 0.558. The number of halogens is 3. The molecule has 0 saturated heterocycles. The van der Waals surface area contributed by atoms with Crippen molar-refractivity contribution >= 4 is 22.1 Å². The molecule has 2 N–H and O–H groups in total. The van der Waals surface area contributed by atoms with Crippen molar-refractivity contribution in [2.24, 2.45) is 0 Å². The Labute approximate surface area is 126 Å². The van der Waals surface area contributed by atoms with Crippen LogP contribution < -0.4 is 5.69 Å². The zero-order chi connectivity index (χ0) is 16.1. The van der Waals surface area contributed by atoms with Gasteiger partial charge in [0.15, 0.2) is 11.6 Å². The lowest BCUT2D eigenvalue weighted by atomic mass is 10.2. The van der Waals surface area contributed by atoms with Gasteiger partial charge in [-0.3, -0.25) is 4.57 Å².